The lowest BCUT2D eigenvalue weighted by Gasteiger charge is -2.18. The summed E-state index contributed by atoms with van der Waals surface area (Å²) in [7, 11) is 0. The third kappa shape index (κ3) is 2.94. The zero-order valence-electron chi connectivity index (χ0n) is 12.3. The Morgan fingerprint density at radius 3 is 2.29 bits per heavy atom. The quantitative estimate of drug-likeness (QED) is 0.712. The third-order valence-electron chi connectivity index (χ3n) is 3.64. The molecule has 3 aromatic rings. The molecule has 0 unspecified atom stereocenters. The van der Waals surface area contributed by atoms with Gasteiger partial charge in [0, 0.05) is 33.9 Å². The maximum atomic E-state index is 11.7. The lowest BCUT2D eigenvalue weighted by atomic mass is 9.94. The number of benzene rings is 2. The summed E-state index contributed by atoms with van der Waals surface area (Å²) in [6.07, 6.45) is -0.584. The Morgan fingerprint density at radius 2 is 1.67 bits per heavy atom. The number of carboxylic acids is 2. The highest BCUT2D eigenvalue weighted by molar-refractivity contribution is 6.30. The number of aliphatic carboxylic acids is 1. The van der Waals surface area contributed by atoms with E-state index in [1.54, 1.807) is 48.5 Å². The van der Waals surface area contributed by atoms with Crippen LogP contribution in [0.15, 0.2) is 48.5 Å². The van der Waals surface area contributed by atoms with Crippen molar-refractivity contribution in [1.82, 2.24) is 4.98 Å². The molecule has 2 aromatic carbocycles. The van der Waals surface area contributed by atoms with Crippen LogP contribution >= 0.6 is 11.6 Å². The van der Waals surface area contributed by atoms with E-state index in [1.165, 1.54) is 0 Å². The summed E-state index contributed by atoms with van der Waals surface area (Å²) in [5.41, 5.74) is 1.12. The SMILES string of the molecule is O=C([O-])Cc1c(-c2ccc(Cl)cc2)nc2ccccc2c1C(=O)[O-]. The molecule has 0 aliphatic heterocycles. The first-order chi connectivity index (χ1) is 11.5. The van der Waals surface area contributed by atoms with Crippen molar-refractivity contribution < 1.29 is 19.8 Å². The number of halogens is 1. The zero-order chi connectivity index (χ0) is 17.3. The summed E-state index contributed by atoms with van der Waals surface area (Å²) in [5, 5.41) is 23.7. The predicted octanol–water partition coefficient (Wildman–Crippen LogP) is 1.21. The van der Waals surface area contributed by atoms with Gasteiger partial charge < -0.3 is 19.8 Å². The van der Waals surface area contributed by atoms with Gasteiger partial charge in [-0.25, -0.2) is 4.98 Å². The molecule has 0 fully saturated rings. The molecule has 0 aliphatic carbocycles. The highest BCUT2D eigenvalue weighted by Crippen LogP contribution is 2.31. The van der Waals surface area contributed by atoms with E-state index in [9.17, 15) is 19.8 Å². The molecule has 0 bridgehead atoms. The molecule has 6 heteroatoms. The largest absolute Gasteiger partial charge is 0.550 e. The fourth-order valence-electron chi connectivity index (χ4n) is 2.65. The zero-order valence-corrected chi connectivity index (χ0v) is 13.0. The second-order valence-corrected chi connectivity index (χ2v) is 5.61. The van der Waals surface area contributed by atoms with Crippen LogP contribution in [0.2, 0.25) is 5.02 Å². The third-order valence-corrected chi connectivity index (χ3v) is 3.89. The van der Waals surface area contributed by atoms with Crippen LogP contribution in [0.3, 0.4) is 0 Å². The van der Waals surface area contributed by atoms with Gasteiger partial charge in [0.1, 0.15) is 0 Å². The van der Waals surface area contributed by atoms with Crippen molar-refractivity contribution >= 4 is 34.4 Å². The Bertz CT molecular complexity index is 951. The van der Waals surface area contributed by atoms with Gasteiger partial charge in [0.05, 0.1) is 17.2 Å². The Balaban J connectivity index is 2.40. The van der Waals surface area contributed by atoms with Crippen LogP contribution < -0.4 is 10.2 Å². The smallest absolute Gasteiger partial charge is 0.0752 e. The van der Waals surface area contributed by atoms with E-state index in [-0.39, 0.29) is 16.8 Å². The van der Waals surface area contributed by atoms with E-state index in [4.69, 9.17) is 11.6 Å². The van der Waals surface area contributed by atoms with Gasteiger partial charge in [0.15, 0.2) is 0 Å². The Kier molecular flexibility index (Phi) is 4.18. The maximum Gasteiger partial charge on any atom is 0.0752 e. The van der Waals surface area contributed by atoms with E-state index in [2.05, 4.69) is 4.98 Å². The first-order valence-electron chi connectivity index (χ1n) is 7.06. The summed E-state index contributed by atoms with van der Waals surface area (Å²) in [4.78, 5) is 27.3. The topological polar surface area (TPSA) is 93.2 Å². The lowest BCUT2D eigenvalue weighted by molar-refractivity contribution is -0.304. The molecule has 0 saturated heterocycles. The van der Waals surface area contributed by atoms with Crippen molar-refractivity contribution in [2.45, 2.75) is 6.42 Å². The Morgan fingerprint density at radius 1 is 1.00 bits per heavy atom. The number of carbonyl (C=O) groups excluding carboxylic acids is 2. The molecule has 0 amide bonds. The summed E-state index contributed by atoms with van der Waals surface area (Å²) >= 11 is 5.87. The molecule has 120 valence electrons. The first-order valence-corrected chi connectivity index (χ1v) is 7.44. The summed E-state index contributed by atoms with van der Waals surface area (Å²) in [6, 6.07) is 13.1. The van der Waals surface area contributed by atoms with Crippen LogP contribution in [0.25, 0.3) is 22.2 Å². The molecule has 24 heavy (non-hydrogen) atoms. The number of aromatic carboxylic acids is 1. The summed E-state index contributed by atoms with van der Waals surface area (Å²) < 4.78 is 0. The second kappa shape index (κ2) is 6.29. The molecule has 0 aliphatic rings. The Labute approximate surface area is 142 Å². The van der Waals surface area contributed by atoms with Crippen LogP contribution in [-0.2, 0) is 11.2 Å². The van der Waals surface area contributed by atoms with E-state index < -0.39 is 18.4 Å². The molecule has 0 atom stereocenters. The number of pyridine rings is 1. The predicted molar refractivity (Wildman–Crippen MR) is 85.2 cm³/mol. The van der Waals surface area contributed by atoms with E-state index in [0.29, 0.717) is 21.5 Å². The van der Waals surface area contributed by atoms with Crippen LogP contribution in [-0.4, -0.2) is 16.9 Å². The number of nitrogens with zero attached hydrogens (tertiary/aromatic N) is 1. The van der Waals surface area contributed by atoms with Crippen LogP contribution in [0.1, 0.15) is 15.9 Å². The minimum Gasteiger partial charge on any atom is -0.550 e. The summed E-state index contributed by atoms with van der Waals surface area (Å²) in [6.45, 7) is 0. The minimum atomic E-state index is -1.46. The van der Waals surface area contributed by atoms with Gasteiger partial charge in [-0.3, -0.25) is 0 Å². The fourth-order valence-corrected chi connectivity index (χ4v) is 2.77. The number of carboxylic acid groups (broad SMARTS) is 2. The van der Waals surface area contributed by atoms with Crippen molar-refractivity contribution in [1.29, 1.82) is 0 Å². The monoisotopic (exact) mass is 339 g/mol. The van der Waals surface area contributed by atoms with Gasteiger partial charge in [0.2, 0.25) is 0 Å². The number of carbonyl (C=O) groups is 2. The molecule has 0 N–H and O–H groups in total. The van der Waals surface area contributed by atoms with E-state index in [1.807, 2.05) is 0 Å². The van der Waals surface area contributed by atoms with Crippen molar-refractivity contribution in [3.8, 4) is 11.3 Å². The fraction of sp³-hybridized carbons (Fsp3) is 0.0556. The van der Waals surface area contributed by atoms with Crippen LogP contribution in [0.5, 0.6) is 0 Å². The molecule has 1 aromatic heterocycles. The van der Waals surface area contributed by atoms with Gasteiger partial charge in [0.25, 0.3) is 0 Å². The molecular formula is C18H10ClNO4-2. The highest BCUT2D eigenvalue weighted by Gasteiger charge is 2.17. The lowest BCUT2D eigenvalue weighted by Crippen LogP contribution is -2.29. The molecular weight excluding hydrogens is 330 g/mol. The van der Waals surface area contributed by atoms with Crippen LogP contribution in [0, 0.1) is 0 Å². The number of para-hydroxylation sites is 1. The second-order valence-electron chi connectivity index (χ2n) is 5.17. The average Bonchev–Trinajstić information content (AvgIpc) is 2.54. The molecule has 1 heterocycles. The average molecular weight is 340 g/mol. The van der Waals surface area contributed by atoms with Gasteiger partial charge in [-0.1, -0.05) is 41.9 Å². The van der Waals surface area contributed by atoms with Crippen molar-refractivity contribution in [3.05, 3.63) is 64.7 Å². The molecule has 5 nitrogen and oxygen atoms in total. The van der Waals surface area contributed by atoms with Gasteiger partial charge in [-0.05, 0) is 23.8 Å². The number of hydrogen-bond donors (Lipinski definition) is 0. The molecule has 0 spiro atoms. The van der Waals surface area contributed by atoms with Crippen molar-refractivity contribution in [2.24, 2.45) is 0 Å². The van der Waals surface area contributed by atoms with E-state index in [0.717, 1.165) is 0 Å². The van der Waals surface area contributed by atoms with Crippen molar-refractivity contribution in [2.75, 3.05) is 0 Å². The van der Waals surface area contributed by atoms with Gasteiger partial charge in [-0.15, -0.1) is 0 Å². The maximum absolute atomic E-state index is 11.7. The normalized spacial score (nSPS) is 10.7. The summed E-state index contributed by atoms with van der Waals surface area (Å²) in [5.74, 6) is -2.86. The van der Waals surface area contributed by atoms with E-state index >= 15 is 0 Å². The highest BCUT2D eigenvalue weighted by atomic mass is 35.5. The Hall–Kier alpha value is -2.92. The first kappa shape index (κ1) is 16.0. The number of hydrogen-bond acceptors (Lipinski definition) is 5. The number of fused-ring (bicyclic) bond motifs is 1. The van der Waals surface area contributed by atoms with Crippen molar-refractivity contribution in [3.63, 3.8) is 0 Å². The molecule has 3 rings (SSSR count). The van der Waals surface area contributed by atoms with Crippen LogP contribution in [0.4, 0.5) is 0 Å². The minimum absolute atomic E-state index is 0.0519. The number of rotatable bonds is 4. The molecule has 0 radical (unpaired) electrons. The van der Waals surface area contributed by atoms with Gasteiger partial charge >= 0.3 is 0 Å². The van der Waals surface area contributed by atoms with Gasteiger partial charge in [-0.2, -0.15) is 0 Å². The number of aromatic nitrogens is 1. The molecule has 0 saturated carbocycles. The standard InChI is InChI=1S/C18H12ClNO4/c19-11-7-5-10(6-8-11)17-13(9-15(21)22)16(18(23)24)12-3-1-2-4-14(12)20-17/h1-8H,9H2,(H,21,22)(H,23,24)/p-2.